The minimum atomic E-state index is -0.440. The fourth-order valence-electron chi connectivity index (χ4n) is 3.39. The van der Waals surface area contributed by atoms with E-state index in [1.807, 2.05) is 0 Å². The fourth-order valence-corrected chi connectivity index (χ4v) is 3.39. The van der Waals surface area contributed by atoms with Crippen molar-refractivity contribution >= 4 is 17.1 Å². The number of carbonyl (C=O) groups is 1. The molecule has 0 atom stereocenters. The third-order valence-electron chi connectivity index (χ3n) is 4.93. The molecule has 2 aromatic carbocycles. The molecule has 1 aromatic heterocycles. The fraction of sp³-hybridized carbons (Fsp3) is 0.273. The van der Waals surface area contributed by atoms with Crippen molar-refractivity contribution in [2.45, 2.75) is 0 Å². The zero-order valence-electron chi connectivity index (χ0n) is 17.0. The normalized spacial score (nSPS) is 13.8. The highest BCUT2D eigenvalue weighted by Gasteiger charge is 2.21. The first kappa shape index (κ1) is 20.5. The van der Waals surface area contributed by atoms with E-state index in [0.717, 1.165) is 0 Å². The molecule has 162 valence electrons. The molecule has 1 amide bonds. The van der Waals surface area contributed by atoms with E-state index in [9.17, 15) is 14.7 Å². The second-order valence-corrected chi connectivity index (χ2v) is 6.80. The highest BCUT2D eigenvalue weighted by molar-refractivity contribution is 5.90. The standard InChI is InChI=1S/C22H21NO8/c1-27-20-16(25)12-18-19(21(20)28-2)15(24)11-17(31-18)13-3-5-14(6-4-13)30-22(26)23-7-9-29-10-8-23/h3-6,11-12,25H,7-10H2,1-2H3. The Morgan fingerprint density at radius 1 is 1.03 bits per heavy atom. The van der Waals surface area contributed by atoms with Crippen LogP contribution in [0.5, 0.6) is 23.0 Å². The second kappa shape index (κ2) is 8.57. The molecule has 9 nitrogen and oxygen atoms in total. The van der Waals surface area contributed by atoms with Gasteiger partial charge in [0, 0.05) is 30.8 Å². The predicted octanol–water partition coefficient (Wildman–Crippen LogP) is 3.01. The predicted molar refractivity (Wildman–Crippen MR) is 111 cm³/mol. The van der Waals surface area contributed by atoms with Crippen LogP contribution < -0.4 is 19.6 Å². The number of aromatic hydroxyl groups is 1. The average Bonchev–Trinajstić information content (AvgIpc) is 2.79. The summed E-state index contributed by atoms with van der Waals surface area (Å²) < 4.78 is 26.8. The van der Waals surface area contributed by atoms with Gasteiger partial charge in [-0.15, -0.1) is 0 Å². The minimum Gasteiger partial charge on any atom is -0.504 e. The van der Waals surface area contributed by atoms with Crippen molar-refractivity contribution < 1.29 is 33.3 Å². The Hall–Kier alpha value is -3.72. The topological polar surface area (TPSA) is 108 Å². The third kappa shape index (κ3) is 3.99. The van der Waals surface area contributed by atoms with Gasteiger partial charge < -0.3 is 33.4 Å². The average molecular weight is 427 g/mol. The molecule has 1 N–H and O–H groups in total. The molecule has 1 fully saturated rings. The zero-order chi connectivity index (χ0) is 22.0. The SMILES string of the molecule is COc1c(O)cc2oc(-c3ccc(OC(=O)N4CCOCC4)cc3)cc(=O)c2c1OC. The maximum atomic E-state index is 12.8. The number of benzene rings is 2. The van der Waals surface area contributed by atoms with Crippen molar-refractivity contribution in [2.24, 2.45) is 0 Å². The molecule has 0 saturated carbocycles. The van der Waals surface area contributed by atoms with Crippen LogP contribution in [0, 0.1) is 0 Å². The van der Waals surface area contributed by atoms with Gasteiger partial charge in [0.2, 0.25) is 5.75 Å². The molecule has 1 saturated heterocycles. The Bertz CT molecular complexity index is 1160. The van der Waals surface area contributed by atoms with Crippen LogP contribution in [0.2, 0.25) is 0 Å². The molecular formula is C22H21NO8. The minimum absolute atomic E-state index is 0.0569. The van der Waals surface area contributed by atoms with Gasteiger partial charge >= 0.3 is 6.09 Å². The van der Waals surface area contributed by atoms with Crippen molar-refractivity contribution in [3.8, 4) is 34.3 Å². The number of rotatable bonds is 4. The molecule has 3 aromatic rings. The van der Waals surface area contributed by atoms with Crippen molar-refractivity contribution in [3.63, 3.8) is 0 Å². The molecule has 0 unspecified atom stereocenters. The van der Waals surface area contributed by atoms with Gasteiger partial charge in [0.15, 0.2) is 16.9 Å². The molecule has 2 heterocycles. The number of phenolic OH excluding ortho intramolecular Hbond substituents is 1. The van der Waals surface area contributed by atoms with Crippen LogP contribution in [0.3, 0.4) is 0 Å². The summed E-state index contributed by atoms with van der Waals surface area (Å²) in [6.45, 7) is 1.95. The molecule has 9 heteroatoms. The van der Waals surface area contributed by atoms with Crippen molar-refractivity contribution in [2.75, 3.05) is 40.5 Å². The molecule has 0 bridgehead atoms. The number of amides is 1. The van der Waals surface area contributed by atoms with Gasteiger partial charge in [-0.25, -0.2) is 4.79 Å². The van der Waals surface area contributed by atoms with E-state index < -0.39 is 6.09 Å². The molecular weight excluding hydrogens is 406 g/mol. The van der Waals surface area contributed by atoms with E-state index in [1.54, 1.807) is 29.2 Å². The van der Waals surface area contributed by atoms with E-state index in [2.05, 4.69) is 0 Å². The highest BCUT2D eigenvalue weighted by Crippen LogP contribution is 2.42. The Kier molecular flexibility index (Phi) is 5.68. The monoisotopic (exact) mass is 427 g/mol. The number of hydrogen-bond donors (Lipinski definition) is 1. The van der Waals surface area contributed by atoms with Crippen molar-refractivity contribution in [1.82, 2.24) is 4.90 Å². The van der Waals surface area contributed by atoms with Gasteiger partial charge in [-0.05, 0) is 24.3 Å². The maximum absolute atomic E-state index is 12.8. The molecule has 31 heavy (non-hydrogen) atoms. The first-order chi connectivity index (χ1) is 15.0. The second-order valence-electron chi connectivity index (χ2n) is 6.80. The van der Waals surface area contributed by atoms with Gasteiger partial charge in [-0.2, -0.15) is 0 Å². The van der Waals surface area contributed by atoms with Gasteiger partial charge in [0.05, 0.1) is 27.4 Å². The lowest BCUT2D eigenvalue weighted by Gasteiger charge is -2.25. The number of nitrogens with zero attached hydrogens (tertiary/aromatic N) is 1. The summed E-state index contributed by atoms with van der Waals surface area (Å²) in [5.74, 6) is 0.602. The Morgan fingerprint density at radius 2 is 1.71 bits per heavy atom. The van der Waals surface area contributed by atoms with E-state index in [1.165, 1.54) is 26.4 Å². The van der Waals surface area contributed by atoms with Gasteiger partial charge in [0.25, 0.3) is 0 Å². The van der Waals surface area contributed by atoms with Crippen LogP contribution in [-0.2, 0) is 4.74 Å². The van der Waals surface area contributed by atoms with Crippen LogP contribution in [0.1, 0.15) is 0 Å². The lowest BCUT2D eigenvalue weighted by molar-refractivity contribution is 0.0416. The zero-order valence-corrected chi connectivity index (χ0v) is 17.0. The summed E-state index contributed by atoms with van der Waals surface area (Å²) in [4.78, 5) is 26.5. The van der Waals surface area contributed by atoms with Crippen molar-refractivity contribution in [3.05, 3.63) is 46.6 Å². The van der Waals surface area contributed by atoms with E-state index in [-0.39, 0.29) is 39.4 Å². The smallest absolute Gasteiger partial charge is 0.415 e. The van der Waals surface area contributed by atoms with Crippen LogP contribution in [-0.4, -0.2) is 56.6 Å². The Labute approximate surface area is 177 Å². The lowest BCUT2D eigenvalue weighted by atomic mass is 10.1. The Balaban J connectivity index is 1.63. The lowest BCUT2D eigenvalue weighted by Crippen LogP contribution is -2.42. The summed E-state index contributed by atoms with van der Waals surface area (Å²) in [6, 6.07) is 9.21. The van der Waals surface area contributed by atoms with Crippen LogP contribution in [0.4, 0.5) is 4.79 Å². The first-order valence-corrected chi connectivity index (χ1v) is 9.58. The third-order valence-corrected chi connectivity index (χ3v) is 4.93. The summed E-state index contributed by atoms with van der Waals surface area (Å²) in [5.41, 5.74) is 0.397. The summed E-state index contributed by atoms with van der Waals surface area (Å²) >= 11 is 0. The first-order valence-electron chi connectivity index (χ1n) is 9.58. The van der Waals surface area contributed by atoms with Gasteiger partial charge in [-0.3, -0.25) is 4.79 Å². The Morgan fingerprint density at radius 3 is 2.35 bits per heavy atom. The number of hydrogen-bond acceptors (Lipinski definition) is 8. The van der Waals surface area contributed by atoms with E-state index in [0.29, 0.717) is 37.6 Å². The largest absolute Gasteiger partial charge is 0.504 e. The van der Waals surface area contributed by atoms with Crippen LogP contribution >= 0.6 is 0 Å². The number of ether oxygens (including phenoxy) is 4. The molecule has 0 aliphatic carbocycles. The molecule has 0 radical (unpaired) electrons. The van der Waals surface area contributed by atoms with Crippen molar-refractivity contribution in [1.29, 1.82) is 0 Å². The number of methoxy groups -OCH3 is 2. The maximum Gasteiger partial charge on any atom is 0.415 e. The molecule has 4 rings (SSSR count). The van der Waals surface area contributed by atoms with E-state index in [4.69, 9.17) is 23.4 Å². The van der Waals surface area contributed by atoms with Gasteiger partial charge in [0.1, 0.15) is 22.5 Å². The summed E-state index contributed by atoms with van der Waals surface area (Å²) in [5, 5.41) is 10.3. The quantitative estimate of drug-likeness (QED) is 0.677. The van der Waals surface area contributed by atoms with Crippen LogP contribution in [0.25, 0.3) is 22.3 Å². The summed E-state index contributed by atoms with van der Waals surface area (Å²) in [6.07, 6.45) is -0.440. The number of morpholine rings is 1. The molecule has 1 aliphatic heterocycles. The highest BCUT2D eigenvalue weighted by atomic mass is 16.6. The molecule has 1 aliphatic rings. The molecule has 0 spiro atoms. The summed E-state index contributed by atoms with van der Waals surface area (Å²) in [7, 11) is 2.74. The van der Waals surface area contributed by atoms with E-state index >= 15 is 0 Å². The number of carbonyl (C=O) groups excluding carboxylic acids is 1. The van der Waals surface area contributed by atoms with Gasteiger partial charge in [-0.1, -0.05) is 0 Å². The number of phenols is 1. The van der Waals surface area contributed by atoms with Crippen LogP contribution in [0.15, 0.2) is 45.6 Å². The number of fused-ring (bicyclic) bond motifs is 1.